The third-order valence-electron chi connectivity index (χ3n) is 2.77. The first-order valence-corrected chi connectivity index (χ1v) is 6.53. The monoisotopic (exact) mass is 276 g/mol. The van der Waals surface area contributed by atoms with Crippen molar-refractivity contribution in [1.29, 1.82) is 0 Å². The van der Waals surface area contributed by atoms with Gasteiger partial charge in [-0.3, -0.25) is 0 Å². The van der Waals surface area contributed by atoms with Crippen molar-refractivity contribution in [3.05, 3.63) is 53.6 Å². The lowest BCUT2D eigenvalue weighted by molar-refractivity contribution is 0.619. The summed E-state index contributed by atoms with van der Waals surface area (Å²) in [6.45, 7) is 1.71. The lowest BCUT2D eigenvalue weighted by atomic mass is 10.2. The van der Waals surface area contributed by atoms with E-state index in [0.29, 0.717) is 21.9 Å². The van der Waals surface area contributed by atoms with E-state index in [1.54, 1.807) is 25.1 Å². The summed E-state index contributed by atoms with van der Waals surface area (Å²) in [5.41, 5.74) is 1.82. The van der Waals surface area contributed by atoms with Gasteiger partial charge in [0.1, 0.15) is 11.6 Å². The number of hydrogen-bond donors (Lipinski definition) is 1. The fraction of sp³-hybridized carbons (Fsp3) is 0.0714. The molecule has 0 atom stereocenters. The number of nitrogens with zero attached hydrogens (tertiary/aromatic N) is 1. The number of anilines is 2. The van der Waals surface area contributed by atoms with E-state index in [9.17, 15) is 8.78 Å². The first-order chi connectivity index (χ1) is 9.11. The zero-order valence-corrected chi connectivity index (χ0v) is 10.9. The lowest BCUT2D eigenvalue weighted by Gasteiger charge is -2.03. The van der Waals surface area contributed by atoms with Crippen LogP contribution >= 0.6 is 11.3 Å². The molecule has 0 bridgehead atoms. The standard InChI is InChI=1S/C14H10F2N2S/c1-8-2-4-10(7-11(8)16)17-14-18-12-6-9(15)3-5-13(12)19-14/h2-7H,1H3,(H,17,18). The molecule has 0 aliphatic heterocycles. The Morgan fingerprint density at radius 1 is 1.11 bits per heavy atom. The van der Waals surface area contributed by atoms with Gasteiger partial charge in [-0.05, 0) is 36.8 Å². The van der Waals surface area contributed by atoms with E-state index in [2.05, 4.69) is 10.3 Å². The molecule has 0 aliphatic carbocycles. The van der Waals surface area contributed by atoms with Crippen molar-refractivity contribution in [1.82, 2.24) is 4.98 Å². The number of rotatable bonds is 2. The summed E-state index contributed by atoms with van der Waals surface area (Å²) in [4.78, 5) is 4.27. The van der Waals surface area contributed by atoms with E-state index in [4.69, 9.17) is 0 Å². The predicted molar refractivity (Wildman–Crippen MR) is 74.0 cm³/mol. The van der Waals surface area contributed by atoms with Crippen LogP contribution in [-0.2, 0) is 0 Å². The minimum Gasteiger partial charge on any atom is -0.331 e. The minimum absolute atomic E-state index is 0.267. The molecule has 1 N–H and O–H groups in total. The quantitative estimate of drug-likeness (QED) is 0.738. The molecule has 19 heavy (non-hydrogen) atoms. The van der Waals surface area contributed by atoms with Gasteiger partial charge in [-0.25, -0.2) is 13.8 Å². The highest BCUT2D eigenvalue weighted by atomic mass is 32.1. The Labute approximate surface area is 112 Å². The Kier molecular flexibility index (Phi) is 2.91. The molecule has 0 fully saturated rings. The first kappa shape index (κ1) is 12.0. The van der Waals surface area contributed by atoms with Gasteiger partial charge >= 0.3 is 0 Å². The summed E-state index contributed by atoms with van der Waals surface area (Å²) in [7, 11) is 0. The summed E-state index contributed by atoms with van der Waals surface area (Å²) >= 11 is 1.40. The van der Waals surface area contributed by atoms with Gasteiger partial charge in [-0.1, -0.05) is 17.4 Å². The molecule has 0 aliphatic rings. The van der Waals surface area contributed by atoms with Gasteiger partial charge in [0.15, 0.2) is 5.13 Å². The van der Waals surface area contributed by atoms with Crippen molar-refractivity contribution >= 4 is 32.4 Å². The number of benzene rings is 2. The third kappa shape index (κ3) is 2.42. The molecule has 2 nitrogen and oxygen atoms in total. The maximum Gasteiger partial charge on any atom is 0.188 e. The molecular formula is C14H10F2N2S. The molecule has 0 spiro atoms. The van der Waals surface area contributed by atoms with Crippen molar-refractivity contribution in [2.45, 2.75) is 6.92 Å². The summed E-state index contributed by atoms with van der Waals surface area (Å²) in [6.07, 6.45) is 0. The van der Waals surface area contributed by atoms with Crippen LogP contribution in [0.1, 0.15) is 5.56 Å². The van der Waals surface area contributed by atoms with Crippen LogP contribution in [0.15, 0.2) is 36.4 Å². The Morgan fingerprint density at radius 3 is 2.74 bits per heavy atom. The van der Waals surface area contributed by atoms with Gasteiger partial charge in [0.05, 0.1) is 10.2 Å². The van der Waals surface area contributed by atoms with Crippen LogP contribution in [0, 0.1) is 18.6 Å². The molecule has 0 amide bonds. The molecule has 1 heterocycles. The summed E-state index contributed by atoms with van der Waals surface area (Å²) in [5, 5.41) is 3.64. The van der Waals surface area contributed by atoms with Crippen molar-refractivity contribution in [3.8, 4) is 0 Å². The molecular weight excluding hydrogens is 266 g/mol. The largest absolute Gasteiger partial charge is 0.331 e. The minimum atomic E-state index is -0.314. The normalized spacial score (nSPS) is 10.9. The van der Waals surface area contributed by atoms with Crippen LogP contribution in [-0.4, -0.2) is 4.98 Å². The van der Waals surface area contributed by atoms with E-state index < -0.39 is 0 Å². The van der Waals surface area contributed by atoms with Gasteiger partial charge in [0.2, 0.25) is 0 Å². The molecule has 3 aromatic rings. The SMILES string of the molecule is Cc1ccc(Nc2nc3cc(F)ccc3s2)cc1F. The molecule has 96 valence electrons. The maximum atomic E-state index is 13.4. The molecule has 0 unspecified atom stereocenters. The van der Waals surface area contributed by atoms with Gasteiger partial charge < -0.3 is 5.32 Å². The number of aromatic nitrogens is 1. The first-order valence-electron chi connectivity index (χ1n) is 5.71. The van der Waals surface area contributed by atoms with Crippen LogP contribution < -0.4 is 5.32 Å². The fourth-order valence-electron chi connectivity index (χ4n) is 1.75. The smallest absolute Gasteiger partial charge is 0.188 e. The Balaban J connectivity index is 1.94. The van der Waals surface area contributed by atoms with Crippen LogP contribution in [0.4, 0.5) is 19.6 Å². The van der Waals surface area contributed by atoms with Gasteiger partial charge in [0.25, 0.3) is 0 Å². The van der Waals surface area contributed by atoms with Crippen molar-refractivity contribution in [2.75, 3.05) is 5.32 Å². The zero-order valence-electron chi connectivity index (χ0n) is 10.1. The fourth-order valence-corrected chi connectivity index (χ4v) is 2.61. The highest BCUT2D eigenvalue weighted by Crippen LogP contribution is 2.29. The Bertz CT molecular complexity index is 752. The average Bonchev–Trinajstić information content (AvgIpc) is 2.75. The van der Waals surface area contributed by atoms with Gasteiger partial charge in [-0.15, -0.1) is 0 Å². The second-order valence-corrected chi connectivity index (χ2v) is 5.25. The summed E-state index contributed by atoms with van der Waals surface area (Å²) in [6, 6.07) is 9.36. The molecule has 0 saturated carbocycles. The topological polar surface area (TPSA) is 24.9 Å². The molecule has 5 heteroatoms. The van der Waals surface area contributed by atoms with Crippen molar-refractivity contribution in [3.63, 3.8) is 0 Å². The lowest BCUT2D eigenvalue weighted by Crippen LogP contribution is -1.91. The maximum absolute atomic E-state index is 13.4. The highest BCUT2D eigenvalue weighted by molar-refractivity contribution is 7.22. The predicted octanol–water partition coefficient (Wildman–Crippen LogP) is 4.63. The molecule has 3 rings (SSSR count). The van der Waals surface area contributed by atoms with Crippen LogP contribution in [0.25, 0.3) is 10.2 Å². The average molecular weight is 276 g/mol. The molecule has 2 aromatic carbocycles. The number of halogens is 2. The number of thiazole rings is 1. The van der Waals surface area contributed by atoms with Crippen LogP contribution in [0.5, 0.6) is 0 Å². The summed E-state index contributed by atoms with van der Waals surface area (Å²) in [5.74, 6) is -0.581. The van der Waals surface area contributed by atoms with E-state index >= 15 is 0 Å². The molecule has 0 radical (unpaired) electrons. The third-order valence-corrected chi connectivity index (χ3v) is 3.72. The van der Waals surface area contributed by atoms with E-state index in [1.165, 1.54) is 29.5 Å². The van der Waals surface area contributed by atoms with Crippen molar-refractivity contribution < 1.29 is 8.78 Å². The number of fused-ring (bicyclic) bond motifs is 1. The van der Waals surface area contributed by atoms with Gasteiger partial charge in [0, 0.05) is 11.8 Å². The molecule has 0 saturated heterocycles. The summed E-state index contributed by atoms with van der Waals surface area (Å²) < 4.78 is 27.4. The van der Waals surface area contributed by atoms with Crippen molar-refractivity contribution in [2.24, 2.45) is 0 Å². The number of hydrogen-bond acceptors (Lipinski definition) is 3. The van der Waals surface area contributed by atoms with Crippen LogP contribution in [0.2, 0.25) is 0 Å². The highest BCUT2D eigenvalue weighted by Gasteiger charge is 2.06. The number of nitrogens with one attached hydrogen (secondary N) is 1. The van der Waals surface area contributed by atoms with E-state index in [1.807, 2.05) is 0 Å². The zero-order chi connectivity index (χ0) is 13.4. The van der Waals surface area contributed by atoms with Gasteiger partial charge in [-0.2, -0.15) is 0 Å². The number of aryl methyl sites for hydroxylation is 1. The Hall–Kier alpha value is -2.01. The van der Waals surface area contributed by atoms with E-state index in [-0.39, 0.29) is 11.6 Å². The van der Waals surface area contributed by atoms with E-state index in [0.717, 1.165) is 4.70 Å². The Morgan fingerprint density at radius 2 is 1.95 bits per heavy atom. The second-order valence-electron chi connectivity index (χ2n) is 4.22. The second kappa shape index (κ2) is 4.59. The molecule has 1 aromatic heterocycles. The van der Waals surface area contributed by atoms with Crippen LogP contribution in [0.3, 0.4) is 0 Å².